The topological polar surface area (TPSA) is 40.1 Å². The van der Waals surface area contributed by atoms with Gasteiger partial charge in [0.25, 0.3) is 0 Å². The molecule has 3 aliphatic rings. The second kappa shape index (κ2) is 12.8. The summed E-state index contributed by atoms with van der Waals surface area (Å²) in [7, 11) is 0. The largest absolute Gasteiger partial charge is 0.381 e. The lowest BCUT2D eigenvalue weighted by atomic mass is 9.80. The minimum atomic E-state index is 0. The highest BCUT2D eigenvalue weighted by Crippen LogP contribution is 2.35. The Hall–Kier alpha value is 0.270. The molecular weight excluding hydrogens is 483 g/mol. The molecule has 2 heterocycles. The second-order valence-electron chi connectivity index (χ2n) is 8.31. The molecule has 0 radical (unpaired) electrons. The molecule has 5 nitrogen and oxygen atoms in total. The maximum absolute atomic E-state index is 5.66. The van der Waals surface area contributed by atoms with Crippen LogP contribution in [0.2, 0.25) is 0 Å². The highest BCUT2D eigenvalue weighted by atomic mass is 127. The van der Waals surface area contributed by atoms with Crippen molar-refractivity contribution in [2.45, 2.75) is 57.9 Å². The molecule has 0 aromatic heterocycles. The zero-order valence-electron chi connectivity index (χ0n) is 18.0. The van der Waals surface area contributed by atoms with Crippen molar-refractivity contribution < 1.29 is 4.74 Å². The average molecular weight is 525 g/mol. The van der Waals surface area contributed by atoms with Crippen LogP contribution in [0.15, 0.2) is 4.99 Å². The van der Waals surface area contributed by atoms with Crippen LogP contribution in [0, 0.1) is 5.92 Å². The lowest BCUT2D eigenvalue weighted by molar-refractivity contribution is 0.0669. The summed E-state index contributed by atoms with van der Waals surface area (Å²) in [5.74, 6) is 4.36. The minimum Gasteiger partial charge on any atom is -0.381 e. The summed E-state index contributed by atoms with van der Waals surface area (Å²) in [6, 6.07) is 0. The summed E-state index contributed by atoms with van der Waals surface area (Å²) in [5.41, 5.74) is 0.310. The first-order valence-corrected chi connectivity index (χ1v) is 12.4. The van der Waals surface area contributed by atoms with Gasteiger partial charge in [-0.05, 0) is 33.1 Å². The van der Waals surface area contributed by atoms with Gasteiger partial charge in [-0.3, -0.25) is 9.89 Å². The van der Waals surface area contributed by atoms with Crippen molar-refractivity contribution in [2.24, 2.45) is 10.9 Å². The van der Waals surface area contributed by atoms with Crippen molar-refractivity contribution in [2.75, 3.05) is 64.0 Å². The summed E-state index contributed by atoms with van der Waals surface area (Å²) >= 11 is 2.11. The van der Waals surface area contributed by atoms with Gasteiger partial charge < -0.3 is 15.0 Å². The fourth-order valence-corrected chi connectivity index (χ4v) is 5.82. The molecule has 1 saturated carbocycles. The number of thioether (sulfide) groups is 1. The number of likely N-dealkylation sites (tertiary alicyclic amines) is 1. The van der Waals surface area contributed by atoms with E-state index in [1.807, 2.05) is 0 Å². The molecule has 0 bridgehead atoms. The van der Waals surface area contributed by atoms with Crippen LogP contribution in [0.1, 0.15) is 52.4 Å². The van der Waals surface area contributed by atoms with Crippen molar-refractivity contribution in [3.63, 3.8) is 0 Å². The molecule has 0 aromatic rings. The fourth-order valence-electron chi connectivity index (χ4n) is 4.92. The van der Waals surface area contributed by atoms with Gasteiger partial charge in [-0.15, -0.1) is 24.0 Å². The van der Waals surface area contributed by atoms with E-state index in [0.29, 0.717) is 11.5 Å². The van der Waals surface area contributed by atoms with Crippen LogP contribution in [0.5, 0.6) is 0 Å². The molecule has 1 N–H and O–H groups in total. The molecule has 1 atom stereocenters. The normalized spacial score (nSPS) is 26.1. The first-order valence-electron chi connectivity index (χ1n) is 11.2. The predicted octanol–water partition coefficient (Wildman–Crippen LogP) is 3.68. The van der Waals surface area contributed by atoms with Crippen molar-refractivity contribution >= 4 is 41.7 Å². The summed E-state index contributed by atoms with van der Waals surface area (Å²) < 4.78 is 5.66. The number of hydrogen-bond acceptors (Lipinski definition) is 4. The molecule has 28 heavy (non-hydrogen) atoms. The van der Waals surface area contributed by atoms with Gasteiger partial charge in [0.05, 0.1) is 13.2 Å². The van der Waals surface area contributed by atoms with Crippen molar-refractivity contribution in [1.82, 2.24) is 15.1 Å². The van der Waals surface area contributed by atoms with E-state index in [4.69, 9.17) is 9.73 Å². The molecule has 2 aliphatic heterocycles. The number of nitrogens with zero attached hydrogens (tertiary/aromatic N) is 3. The third-order valence-electron chi connectivity index (χ3n) is 6.47. The molecule has 3 rings (SSSR count). The van der Waals surface area contributed by atoms with Crippen molar-refractivity contribution in [3.05, 3.63) is 0 Å². The van der Waals surface area contributed by atoms with Gasteiger partial charge in [-0.1, -0.05) is 19.3 Å². The third-order valence-corrected chi connectivity index (χ3v) is 7.41. The zero-order chi connectivity index (χ0) is 19.0. The Labute approximate surface area is 193 Å². The standard InChI is InChI=1S/C21H40N4OS.HI/c1-3-22-20(24-11-8-19(16-24)17-26-4-2)23-18-21(9-6-5-7-10-21)25-12-14-27-15-13-25;/h19H,3-18H2,1-2H3,(H,22,23);1H. The van der Waals surface area contributed by atoms with E-state index in [9.17, 15) is 0 Å². The number of ether oxygens (including phenoxy) is 1. The highest BCUT2D eigenvalue weighted by molar-refractivity contribution is 14.0. The summed E-state index contributed by atoms with van der Waals surface area (Å²) in [4.78, 5) is 10.5. The zero-order valence-corrected chi connectivity index (χ0v) is 21.1. The molecule has 1 aliphatic carbocycles. The van der Waals surface area contributed by atoms with E-state index in [1.165, 1.54) is 63.1 Å². The number of hydrogen-bond donors (Lipinski definition) is 1. The number of aliphatic imine (C=N–C) groups is 1. The molecule has 2 saturated heterocycles. The van der Waals surface area contributed by atoms with Crippen LogP contribution in [0.3, 0.4) is 0 Å². The van der Waals surface area contributed by atoms with Gasteiger partial charge in [0.1, 0.15) is 0 Å². The van der Waals surface area contributed by atoms with E-state index >= 15 is 0 Å². The maximum atomic E-state index is 5.66. The minimum absolute atomic E-state index is 0. The number of halogens is 1. The smallest absolute Gasteiger partial charge is 0.193 e. The van der Waals surface area contributed by atoms with Gasteiger partial charge in [-0.2, -0.15) is 11.8 Å². The van der Waals surface area contributed by atoms with Crippen LogP contribution in [0.4, 0.5) is 0 Å². The van der Waals surface area contributed by atoms with Crippen LogP contribution in [-0.4, -0.2) is 85.3 Å². The van der Waals surface area contributed by atoms with E-state index in [1.54, 1.807) is 0 Å². The Morgan fingerprint density at radius 3 is 2.57 bits per heavy atom. The van der Waals surface area contributed by atoms with Gasteiger partial charge in [0.2, 0.25) is 0 Å². The first kappa shape index (κ1) is 24.5. The molecule has 0 aromatic carbocycles. The van der Waals surface area contributed by atoms with Crippen LogP contribution in [0.25, 0.3) is 0 Å². The monoisotopic (exact) mass is 524 g/mol. The summed E-state index contributed by atoms with van der Waals surface area (Å²) in [6.45, 7) is 12.6. The Bertz CT molecular complexity index is 467. The van der Waals surface area contributed by atoms with Crippen LogP contribution >= 0.6 is 35.7 Å². The summed E-state index contributed by atoms with van der Waals surface area (Å²) in [5, 5.41) is 3.57. The molecule has 1 unspecified atom stereocenters. The van der Waals surface area contributed by atoms with E-state index in [-0.39, 0.29) is 24.0 Å². The average Bonchev–Trinajstić information content (AvgIpc) is 3.20. The fraction of sp³-hybridized carbons (Fsp3) is 0.952. The molecule has 3 fully saturated rings. The van der Waals surface area contributed by atoms with Gasteiger partial charge in [-0.25, -0.2) is 0 Å². The molecule has 7 heteroatoms. The number of rotatable bonds is 7. The lowest BCUT2D eigenvalue weighted by Gasteiger charge is -2.47. The van der Waals surface area contributed by atoms with Crippen LogP contribution in [-0.2, 0) is 4.74 Å². The Kier molecular flexibility index (Phi) is 11.3. The molecular formula is C21H41IN4OS. The van der Waals surface area contributed by atoms with E-state index in [2.05, 4.69) is 40.7 Å². The SMILES string of the molecule is CCNC(=NCC1(N2CCSCC2)CCCCC1)N1CCC(COCC)C1.I. The summed E-state index contributed by atoms with van der Waals surface area (Å²) in [6.07, 6.45) is 8.02. The van der Waals surface area contributed by atoms with Crippen molar-refractivity contribution in [1.29, 1.82) is 0 Å². The Morgan fingerprint density at radius 2 is 1.89 bits per heavy atom. The maximum Gasteiger partial charge on any atom is 0.193 e. The van der Waals surface area contributed by atoms with Gasteiger partial charge in [0.15, 0.2) is 5.96 Å². The molecule has 0 amide bonds. The lowest BCUT2D eigenvalue weighted by Crippen LogP contribution is -2.55. The molecule has 164 valence electrons. The van der Waals surface area contributed by atoms with E-state index < -0.39 is 0 Å². The number of guanidine groups is 1. The second-order valence-corrected chi connectivity index (χ2v) is 9.54. The van der Waals surface area contributed by atoms with E-state index in [0.717, 1.165) is 45.4 Å². The first-order chi connectivity index (χ1) is 13.3. The highest BCUT2D eigenvalue weighted by Gasteiger charge is 2.38. The van der Waals surface area contributed by atoms with Gasteiger partial charge >= 0.3 is 0 Å². The van der Waals surface area contributed by atoms with Gasteiger partial charge in [0, 0.05) is 62.3 Å². The predicted molar refractivity (Wildman–Crippen MR) is 132 cm³/mol. The Balaban J connectivity index is 0.00000280. The van der Waals surface area contributed by atoms with Crippen molar-refractivity contribution in [3.8, 4) is 0 Å². The Morgan fingerprint density at radius 1 is 1.14 bits per heavy atom. The van der Waals surface area contributed by atoms with Crippen LogP contribution < -0.4 is 5.32 Å². The molecule has 0 spiro atoms. The third kappa shape index (κ3) is 6.64. The quantitative estimate of drug-likeness (QED) is 0.313. The number of nitrogens with one attached hydrogen (secondary N) is 1.